The molecule has 2 aromatic rings. The highest BCUT2D eigenvalue weighted by Crippen LogP contribution is 2.63. The third-order valence-corrected chi connectivity index (χ3v) is 13.2. The van der Waals surface area contributed by atoms with Crippen LogP contribution in [0.5, 0.6) is 11.5 Å². The van der Waals surface area contributed by atoms with Crippen molar-refractivity contribution in [2.45, 2.75) is 130 Å². The number of aryl methyl sites for hydroxylation is 2. The maximum atomic E-state index is 12.6. The van der Waals surface area contributed by atoms with Crippen LogP contribution >= 0.6 is 54.0 Å². The molecule has 4 fully saturated rings. The molecular weight excluding hydrogens is 701 g/mol. The summed E-state index contributed by atoms with van der Waals surface area (Å²) in [6, 6.07) is 10.1. The fourth-order valence-corrected chi connectivity index (χ4v) is 11.3. The van der Waals surface area contributed by atoms with Crippen LogP contribution in [0.25, 0.3) is 0 Å². The van der Waals surface area contributed by atoms with E-state index in [0.29, 0.717) is 48.3 Å². The van der Waals surface area contributed by atoms with E-state index in [1.54, 1.807) is 0 Å². The van der Waals surface area contributed by atoms with Crippen molar-refractivity contribution >= 4 is 65.5 Å². The minimum absolute atomic E-state index is 0. The van der Waals surface area contributed by atoms with Crippen LogP contribution in [0, 0.1) is 25.7 Å². The average molecular weight is 767 g/mol. The molecule has 0 radical (unpaired) electrons. The van der Waals surface area contributed by atoms with Crippen LogP contribution in [0.3, 0.4) is 0 Å². The summed E-state index contributed by atoms with van der Waals surface area (Å²) >= 11 is 0. The zero-order chi connectivity index (χ0) is 28.7. The monoisotopic (exact) mass is 766 g/mol. The van der Waals surface area contributed by atoms with E-state index in [2.05, 4.69) is 62.0 Å². The molecule has 2 saturated carbocycles. The SMILES string of the molecule is C.C.C.C.Cc1ccc2c3c1O[C@@H]1C(=O)CC[C@@H]4[C@H](C2)N(C)CC[C@@]314.Cc1ccc2c3c1O[C@H]1C(=O)CC[C@H]4[C@@H](C2)N(C)CC[C@]314.S.S.S.S. The number of ether oxygens (including phenoxy) is 2. The van der Waals surface area contributed by atoms with E-state index in [1.165, 1.54) is 33.4 Å². The maximum Gasteiger partial charge on any atom is 0.174 e. The lowest BCUT2D eigenvalue weighted by Crippen LogP contribution is -2.65. The molecular formula is C40H66N2O4S4. The van der Waals surface area contributed by atoms with Gasteiger partial charge in [0.2, 0.25) is 0 Å². The summed E-state index contributed by atoms with van der Waals surface area (Å²) < 4.78 is 12.6. The molecule has 0 N–H and O–H groups in total. The second kappa shape index (κ2) is 16.0. The van der Waals surface area contributed by atoms with Gasteiger partial charge in [-0.3, -0.25) is 9.59 Å². The molecule has 10 rings (SSSR count). The zero-order valence-electron chi connectivity index (χ0n) is 27.4. The Morgan fingerprint density at radius 2 is 0.980 bits per heavy atom. The van der Waals surface area contributed by atoms with E-state index in [4.69, 9.17) is 9.47 Å². The fraction of sp³-hybridized carbons (Fsp3) is 0.650. The van der Waals surface area contributed by atoms with Crippen molar-refractivity contribution < 1.29 is 19.1 Å². The Balaban J connectivity index is 0.000000431. The van der Waals surface area contributed by atoms with Crippen molar-refractivity contribution in [2.75, 3.05) is 27.2 Å². The second-order valence-corrected chi connectivity index (χ2v) is 14.8. The largest absolute Gasteiger partial charge is 0.481 e. The van der Waals surface area contributed by atoms with E-state index >= 15 is 0 Å². The summed E-state index contributed by atoms with van der Waals surface area (Å²) in [6.07, 6.45) is 7.46. The maximum absolute atomic E-state index is 12.6. The Bertz CT molecular complexity index is 1470. The number of rotatable bonds is 0. The topological polar surface area (TPSA) is 59.1 Å². The van der Waals surface area contributed by atoms with Crippen molar-refractivity contribution in [1.29, 1.82) is 0 Å². The number of hydrogen-bond acceptors (Lipinski definition) is 6. The standard InChI is InChI=1S/2C18H21NO2.4CH4.4H2S/c2*1-10-3-4-11-9-13-12-5-6-14(20)17-18(12,7-8-19(13)2)15(11)16(10)21-17;;;;;;;;/h2*3-4,12-13,17H,5-9H2,1-2H3;4*1H4;4*1H2/t2*12-,13+,17-,18-;;;;;;;;/m10......../s1. The predicted octanol–water partition coefficient (Wildman–Crippen LogP) is 7.46. The number of carbonyl (C=O) groups excluding carboxylic acids is 2. The number of hydrogen-bond donors (Lipinski definition) is 0. The Kier molecular flexibility index (Phi) is 14.9. The minimum Gasteiger partial charge on any atom is -0.481 e. The number of likely N-dealkylation sites (N-methyl/N-ethyl adjacent to an activating group) is 2. The smallest absolute Gasteiger partial charge is 0.174 e. The molecule has 0 unspecified atom stereocenters. The van der Waals surface area contributed by atoms with Crippen LogP contribution in [-0.4, -0.2) is 72.8 Å². The van der Waals surface area contributed by atoms with Crippen molar-refractivity contribution in [3.8, 4) is 11.5 Å². The first-order valence-electron chi connectivity index (χ1n) is 16.3. The number of likely N-dealkylation sites (tertiary alicyclic amines) is 2. The van der Waals surface area contributed by atoms with E-state index in [1.807, 2.05) is 0 Å². The molecule has 0 amide bonds. The Morgan fingerprint density at radius 3 is 1.34 bits per heavy atom. The van der Waals surface area contributed by atoms with Crippen LogP contribution in [0.1, 0.15) is 102 Å². The van der Waals surface area contributed by atoms with Gasteiger partial charge in [-0.05, 0) is 114 Å². The van der Waals surface area contributed by atoms with Crippen LogP contribution in [-0.2, 0) is 33.3 Å². The van der Waals surface area contributed by atoms with Crippen LogP contribution < -0.4 is 9.47 Å². The lowest BCUT2D eigenvalue weighted by molar-refractivity contribution is -0.138. The molecule has 8 atom stereocenters. The summed E-state index contributed by atoms with van der Waals surface area (Å²) in [7, 11) is 4.50. The first-order chi connectivity index (χ1) is 20.3. The number of carbonyl (C=O) groups is 2. The molecule has 50 heavy (non-hydrogen) atoms. The Morgan fingerprint density at radius 1 is 0.620 bits per heavy atom. The predicted molar refractivity (Wildman–Crippen MR) is 228 cm³/mol. The van der Waals surface area contributed by atoms with Gasteiger partial charge in [0.25, 0.3) is 0 Å². The van der Waals surface area contributed by atoms with Crippen molar-refractivity contribution in [3.05, 3.63) is 57.6 Å². The molecule has 6 nitrogen and oxygen atoms in total. The average Bonchev–Trinajstić information content (AvgIpc) is 3.52. The van der Waals surface area contributed by atoms with Gasteiger partial charge >= 0.3 is 0 Å². The number of ketones is 2. The molecule has 0 aromatic heterocycles. The summed E-state index contributed by atoms with van der Waals surface area (Å²) in [5.41, 5.74) is 8.05. The Hall–Kier alpha value is -1.30. The summed E-state index contributed by atoms with van der Waals surface area (Å²) in [4.78, 5) is 30.2. The highest BCUT2D eigenvalue weighted by atomic mass is 32.1. The van der Waals surface area contributed by atoms with Gasteiger partial charge in [0.1, 0.15) is 11.5 Å². The summed E-state index contributed by atoms with van der Waals surface area (Å²) in [5.74, 6) is 3.93. The van der Waals surface area contributed by atoms with Gasteiger partial charge in [0, 0.05) is 46.9 Å². The van der Waals surface area contributed by atoms with Crippen molar-refractivity contribution in [2.24, 2.45) is 11.8 Å². The van der Waals surface area contributed by atoms with Crippen molar-refractivity contribution in [3.63, 3.8) is 0 Å². The van der Waals surface area contributed by atoms with E-state index < -0.39 is 0 Å². The molecule has 4 bridgehead atoms. The number of benzene rings is 2. The first kappa shape index (κ1) is 46.7. The van der Waals surface area contributed by atoms with Gasteiger partial charge in [0.15, 0.2) is 23.8 Å². The molecule has 10 heteroatoms. The van der Waals surface area contributed by atoms with Gasteiger partial charge < -0.3 is 19.3 Å². The lowest BCUT2D eigenvalue weighted by Gasteiger charge is -2.57. The number of nitrogens with zero attached hydrogens (tertiary/aromatic N) is 2. The van der Waals surface area contributed by atoms with Crippen molar-refractivity contribution in [1.82, 2.24) is 9.80 Å². The third-order valence-electron chi connectivity index (χ3n) is 13.2. The number of piperidine rings is 2. The molecule has 4 aliphatic heterocycles. The highest BCUT2D eigenvalue weighted by Gasteiger charge is 2.66. The summed E-state index contributed by atoms with van der Waals surface area (Å²) in [5, 5.41) is 0. The number of Topliss-reactive ketones (excluding diaryl/α,β-unsaturated/α-hetero) is 2. The molecule has 8 aliphatic rings. The van der Waals surface area contributed by atoms with E-state index in [9.17, 15) is 9.59 Å². The van der Waals surface area contributed by atoms with Crippen LogP contribution in [0.4, 0.5) is 0 Å². The molecule has 2 spiro atoms. The second-order valence-electron chi connectivity index (χ2n) is 14.8. The molecule has 4 heterocycles. The minimum atomic E-state index is -0.206. The van der Waals surface area contributed by atoms with Gasteiger partial charge in [-0.2, -0.15) is 54.0 Å². The van der Waals surface area contributed by atoms with Crippen LogP contribution in [0.2, 0.25) is 0 Å². The third kappa shape index (κ3) is 5.71. The van der Waals surface area contributed by atoms with E-state index in [-0.39, 0.29) is 107 Å². The zero-order valence-corrected chi connectivity index (χ0v) is 31.4. The molecule has 284 valence electrons. The van der Waals surface area contributed by atoms with Gasteiger partial charge in [-0.15, -0.1) is 0 Å². The lowest BCUT2D eigenvalue weighted by atomic mass is 9.51. The molecule has 2 aromatic carbocycles. The van der Waals surface area contributed by atoms with Gasteiger partial charge in [0.05, 0.1) is 0 Å². The fourth-order valence-electron chi connectivity index (χ4n) is 11.3. The van der Waals surface area contributed by atoms with Crippen LogP contribution in [0.15, 0.2) is 24.3 Å². The highest BCUT2D eigenvalue weighted by molar-refractivity contribution is 7.59. The molecule has 4 aliphatic carbocycles. The van der Waals surface area contributed by atoms with E-state index in [0.717, 1.165) is 63.1 Å². The van der Waals surface area contributed by atoms with Gasteiger partial charge in [-0.25, -0.2) is 0 Å². The summed E-state index contributed by atoms with van der Waals surface area (Å²) in [6.45, 7) is 6.40. The Labute approximate surface area is 331 Å². The van der Waals surface area contributed by atoms with Gasteiger partial charge in [-0.1, -0.05) is 54.0 Å². The normalized spacial score (nSPS) is 33.5. The quantitative estimate of drug-likeness (QED) is 0.278. The molecule has 2 saturated heterocycles. The first-order valence-corrected chi connectivity index (χ1v) is 16.3.